The molecule has 0 saturated carbocycles. The van der Waals surface area contributed by atoms with Gasteiger partial charge in [0.05, 0.1) is 17.1 Å². The van der Waals surface area contributed by atoms with Crippen LogP contribution in [0.15, 0.2) is 60.7 Å². The Kier molecular flexibility index (Phi) is 6.69. The van der Waals surface area contributed by atoms with E-state index in [9.17, 15) is 14.7 Å². The molecule has 0 fully saturated rings. The fraction of sp³-hybridized carbons (Fsp3) is 0.154. The molecule has 3 N–H and O–H groups in total. The monoisotopic (exact) mass is 519 g/mol. The minimum absolute atomic E-state index is 0.0419. The third-order valence-electron chi connectivity index (χ3n) is 5.80. The van der Waals surface area contributed by atoms with Crippen LogP contribution in [0.3, 0.4) is 0 Å². The van der Waals surface area contributed by atoms with Crippen LogP contribution in [0.2, 0.25) is 5.02 Å². The normalized spacial score (nSPS) is 11.2. The van der Waals surface area contributed by atoms with Crippen molar-refractivity contribution in [3.63, 3.8) is 0 Å². The number of benzene rings is 2. The SMILES string of the molecule is CCc1cc(C(=O)c2ccccc2Cl)c(-n2c(CO)nnc2CNC(=O)c2cc3ccccc3[nH]2)s1. The number of amides is 1. The third kappa shape index (κ3) is 4.44. The van der Waals surface area contributed by atoms with Gasteiger partial charge in [-0.1, -0.05) is 48.9 Å². The summed E-state index contributed by atoms with van der Waals surface area (Å²) in [6.07, 6.45) is 0.719. The van der Waals surface area contributed by atoms with Gasteiger partial charge in [-0.3, -0.25) is 14.2 Å². The van der Waals surface area contributed by atoms with Crippen LogP contribution in [0.25, 0.3) is 15.9 Å². The van der Waals surface area contributed by atoms with Crippen molar-refractivity contribution in [2.45, 2.75) is 26.5 Å². The summed E-state index contributed by atoms with van der Waals surface area (Å²) < 4.78 is 1.64. The van der Waals surface area contributed by atoms with Gasteiger partial charge in [-0.2, -0.15) is 0 Å². The van der Waals surface area contributed by atoms with E-state index in [1.807, 2.05) is 37.3 Å². The maximum atomic E-state index is 13.5. The molecule has 10 heteroatoms. The zero-order chi connectivity index (χ0) is 25.2. The summed E-state index contributed by atoms with van der Waals surface area (Å²) in [6, 6.07) is 18.1. The predicted molar refractivity (Wildman–Crippen MR) is 139 cm³/mol. The van der Waals surface area contributed by atoms with Gasteiger partial charge in [0.2, 0.25) is 0 Å². The van der Waals surface area contributed by atoms with Gasteiger partial charge in [0.15, 0.2) is 17.4 Å². The van der Waals surface area contributed by atoms with Crippen molar-refractivity contribution in [3.05, 3.63) is 99.0 Å². The summed E-state index contributed by atoms with van der Waals surface area (Å²) in [6.45, 7) is 1.66. The molecule has 3 aromatic heterocycles. The van der Waals surface area contributed by atoms with Gasteiger partial charge in [0.25, 0.3) is 5.91 Å². The molecule has 0 bridgehead atoms. The van der Waals surface area contributed by atoms with E-state index >= 15 is 0 Å². The highest BCUT2D eigenvalue weighted by Crippen LogP contribution is 2.32. The number of carbonyl (C=O) groups excluding carboxylic acids is 2. The summed E-state index contributed by atoms with van der Waals surface area (Å²) in [4.78, 5) is 30.4. The highest BCUT2D eigenvalue weighted by Gasteiger charge is 2.25. The van der Waals surface area contributed by atoms with E-state index in [0.717, 1.165) is 22.2 Å². The number of H-pyrrole nitrogens is 1. The second-order valence-electron chi connectivity index (χ2n) is 8.07. The van der Waals surface area contributed by atoms with Crippen molar-refractivity contribution < 1.29 is 14.7 Å². The Morgan fingerprint density at radius 1 is 1.06 bits per heavy atom. The number of aromatic nitrogens is 4. The second-order valence-corrected chi connectivity index (χ2v) is 9.60. The number of aliphatic hydroxyl groups is 1. The number of rotatable bonds is 8. The van der Waals surface area contributed by atoms with E-state index in [2.05, 4.69) is 20.5 Å². The van der Waals surface area contributed by atoms with Gasteiger partial charge in [0.1, 0.15) is 17.3 Å². The van der Waals surface area contributed by atoms with Crippen LogP contribution in [0, 0.1) is 0 Å². The Labute approximate surface area is 215 Å². The Hall–Kier alpha value is -3.79. The molecule has 0 aliphatic heterocycles. The van der Waals surface area contributed by atoms with Crippen LogP contribution in [-0.2, 0) is 19.6 Å². The molecular weight excluding hydrogens is 498 g/mol. The van der Waals surface area contributed by atoms with Gasteiger partial charge in [-0.15, -0.1) is 21.5 Å². The summed E-state index contributed by atoms with van der Waals surface area (Å²) in [5.74, 6) is 0.111. The minimum Gasteiger partial charge on any atom is -0.388 e. The number of nitrogens with zero attached hydrogens (tertiary/aromatic N) is 3. The molecule has 0 atom stereocenters. The Morgan fingerprint density at radius 2 is 1.81 bits per heavy atom. The van der Waals surface area contributed by atoms with Gasteiger partial charge >= 0.3 is 0 Å². The Balaban J connectivity index is 1.49. The molecular formula is C26H22ClN5O3S. The van der Waals surface area contributed by atoms with Crippen molar-refractivity contribution in [2.75, 3.05) is 0 Å². The predicted octanol–water partition coefficient (Wildman–Crippen LogP) is 4.68. The molecule has 0 aliphatic carbocycles. The quantitative estimate of drug-likeness (QED) is 0.258. The van der Waals surface area contributed by atoms with E-state index in [4.69, 9.17) is 11.6 Å². The number of aryl methyl sites for hydroxylation is 1. The number of nitrogens with one attached hydrogen (secondary N) is 2. The Bertz CT molecular complexity index is 1550. The van der Waals surface area contributed by atoms with Crippen LogP contribution in [-0.4, -0.2) is 36.5 Å². The summed E-state index contributed by atoms with van der Waals surface area (Å²) in [5, 5.41) is 23.0. The van der Waals surface area contributed by atoms with Crippen LogP contribution in [0.4, 0.5) is 0 Å². The number of hydrogen-bond acceptors (Lipinski definition) is 6. The molecule has 3 heterocycles. The van der Waals surface area contributed by atoms with E-state index in [1.165, 1.54) is 11.3 Å². The zero-order valence-electron chi connectivity index (χ0n) is 19.3. The zero-order valence-corrected chi connectivity index (χ0v) is 20.9. The maximum absolute atomic E-state index is 13.5. The molecule has 5 aromatic rings. The second kappa shape index (κ2) is 10.1. The van der Waals surface area contributed by atoms with E-state index < -0.39 is 0 Å². The lowest BCUT2D eigenvalue weighted by molar-refractivity contribution is 0.0944. The molecule has 8 nitrogen and oxygen atoms in total. The number of carbonyl (C=O) groups is 2. The molecule has 0 saturated heterocycles. The first kappa shape index (κ1) is 23.9. The van der Waals surface area contributed by atoms with Crippen LogP contribution in [0.1, 0.15) is 49.9 Å². The minimum atomic E-state index is -0.387. The lowest BCUT2D eigenvalue weighted by Crippen LogP contribution is -2.25. The van der Waals surface area contributed by atoms with E-state index in [0.29, 0.717) is 32.7 Å². The highest BCUT2D eigenvalue weighted by atomic mass is 35.5. The standard InChI is InChI=1S/C26H22ClN5O3S/c1-2-16-12-18(24(34)17-8-4-5-9-19(17)27)26(36-16)32-22(30-31-23(32)14-33)13-28-25(35)21-11-15-7-3-6-10-20(15)29-21/h3-12,29,33H,2,13-14H2,1H3,(H,28,35). The fourth-order valence-corrected chi connectivity index (χ4v) is 5.33. The average Bonchev–Trinajstić information content (AvgIpc) is 3.62. The smallest absolute Gasteiger partial charge is 0.268 e. The summed E-state index contributed by atoms with van der Waals surface area (Å²) in [5.41, 5.74) is 2.10. The van der Waals surface area contributed by atoms with Gasteiger partial charge < -0.3 is 15.4 Å². The van der Waals surface area contributed by atoms with Gasteiger partial charge in [0, 0.05) is 21.3 Å². The number of aromatic amines is 1. The van der Waals surface area contributed by atoms with Crippen LogP contribution < -0.4 is 5.32 Å². The molecule has 5 rings (SSSR count). The van der Waals surface area contributed by atoms with Crippen molar-refractivity contribution >= 4 is 45.5 Å². The largest absolute Gasteiger partial charge is 0.388 e. The number of thiophene rings is 1. The number of aliphatic hydroxyl groups excluding tert-OH is 1. The average molecular weight is 520 g/mol. The van der Waals surface area contributed by atoms with Crippen molar-refractivity contribution in [1.82, 2.24) is 25.1 Å². The molecule has 0 aliphatic rings. The molecule has 0 radical (unpaired) electrons. The number of ketones is 1. The first-order chi connectivity index (χ1) is 17.5. The third-order valence-corrected chi connectivity index (χ3v) is 7.39. The maximum Gasteiger partial charge on any atom is 0.268 e. The molecule has 1 amide bonds. The number of para-hydroxylation sites is 1. The molecule has 182 valence electrons. The Morgan fingerprint density at radius 3 is 2.56 bits per heavy atom. The van der Waals surface area contributed by atoms with Gasteiger partial charge in [-0.05, 0) is 36.8 Å². The summed E-state index contributed by atoms with van der Waals surface area (Å²) in [7, 11) is 0. The first-order valence-corrected chi connectivity index (χ1v) is 12.5. The number of fused-ring (bicyclic) bond motifs is 1. The van der Waals surface area contributed by atoms with E-state index in [1.54, 1.807) is 34.9 Å². The van der Waals surface area contributed by atoms with Crippen molar-refractivity contribution in [1.29, 1.82) is 0 Å². The van der Waals surface area contributed by atoms with Crippen molar-refractivity contribution in [3.8, 4) is 5.00 Å². The molecule has 2 aromatic carbocycles. The summed E-state index contributed by atoms with van der Waals surface area (Å²) >= 11 is 7.72. The first-order valence-electron chi connectivity index (χ1n) is 11.3. The molecule has 36 heavy (non-hydrogen) atoms. The van der Waals surface area contributed by atoms with E-state index in [-0.39, 0.29) is 30.7 Å². The van der Waals surface area contributed by atoms with Gasteiger partial charge in [-0.25, -0.2) is 0 Å². The topological polar surface area (TPSA) is 113 Å². The number of hydrogen-bond donors (Lipinski definition) is 3. The lowest BCUT2D eigenvalue weighted by Gasteiger charge is -2.11. The lowest BCUT2D eigenvalue weighted by atomic mass is 10.0. The van der Waals surface area contributed by atoms with Crippen LogP contribution in [0.5, 0.6) is 0 Å². The van der Waals surface area contributed by atoms with Crippen LogP contribution >= 0.6 is 22.9 Å². The fourth-order valence-electron chi connectivity index (χ4n) is 3.98. The molecule has 0 spiro atoms. The highest BCUT2D eigenvalue weighted by molar-refractivity contribution is 7.15. The molecule has 0 unspecified atom stereocenters. The number of halogens is 1. The van der Waals surface area contributed by atoms with Crippen molar-refractivity contribution in [2.24, 2.45) is 0 Å².